The summed E-state index contributed by atoms with van der Waals surface area (Å²) >= 11 is 1.42. The number of halogens is 1. The zero-order valence-corrected chi connectivity index (χ0v) is 11.3. The third-order valence-electron chi connectivity index (χ3n) is 2.90. The molecule has 0 bridgehead atoms. The van der Waals surface area contributed by atoms with Crippen LogP contribution in [0.1, 0.15) is 27.7 Å². The molecule has 0 radical (unpaired) electrons. The smallest absolute Gasteiger partial charge is 0.135 e. The number of benzene rings is 1. The molecule has 2 aromatic rings. The molecule has 1 N–H and O–H groups in total. The van der Waals surface area contributed by atoms with Crippen LogP contribution in [0, 0.1) is 19.7 Å². The first-order valence-electron chi connectivity index (χ1n) is 5.60. The molecule has 0 amide bonds. The lowest BCUT2D eigenvalue weighted by atomic mass is 10.0. The monoisotopic (exact) mass is 266 g/mol. The second kappa shape index (κ2) is 5.08. The summed E-state index contributed by atoms with van der Waals surface area (Å²) < 4.78 is 18.7. The third-order valence-corrected chi connectivity index (χ3v) is 3.85. The van der Waals surface area contributed by atoms with Gasteiger partial charge in [0, 0.05) is 0 Å². The molecular formula is C14H15FO2S. The molecule has 0 fully saturated rings. The molecule has 1 unspecified atom stereocenters. The van der Waals surface area contributed by atoms with Crippen molar-refractivity contribution in [1.29, 1.82) is 0 Å². The molecule has 0 aliphatic heterocycles. The van der Waals surface area contributed by atoms with Crippen LogP contribution in [0.15, 0.2) is 23.6 Å². The van der Waals surface area contributed by atoms with E-state index in [-0.39, 0.29) is 5.82 Å². The lowest BCUT2D eigenvalue weighted by Gasteiger charge is -2.13. The van der Waals surface area contributed by atoms with E-state index in [4.69, 9.17) is 4.74 Å². The van der Waals surface area contributed by atoms with Crippen molar-refractivity contribution < 1.29 is 14.2 Å². The largest absolute Gasteiger partial charge is 0.495 e. The molecule has 0 aliphatic rings. The van der Waals surface area contributed by atoms with Gasteiger partial charge in [0.1, 0.15) is 17.7 Å². The highest BCUT2D eigenvalue weighted by molar-refractivity contribution is 7.10. The van der Waals surface area contributed by atoms with Gasteiger partial charge in [0.05, 0.1) is 12.0 Å². The van der Waals surface area contributed by atoms with E-state index in [1.807, 2.05) is 11.4 Å². The summed E-state index contributed by atoms with van der Waals surface area (Å²) in [6.45, 7) is 3.40. The second-order valence-electron chi connectivity index (χ2n) is 4.22. The highest BCUT2D eigenvalue weighted by atomic mass is 32.1. The normalized spacial score (nSPS) is 12.5. The molecule has 0 aliphatic carbocycles. The fourth-order valence-electron chi connectivity index (χ4n) is 1.97. The van der Waals surface area contributed by atoms with Gasteiger partial charge in [0.2, 0.25) is 0 Å². The number of ether oxygens (including phenoxy) is 1. The summed E-state index contributed by atoms with van der Waals surface area (Å²) in [6, 6.07) is 5.16. The molecule has 1 atom stereocenters. The lowest BCUT2D eigenvalue weighted by Crippen LogP contribution is -2.02. The maximum absolute atomic E-state index is 13.6. The Morgan fingerprint density at radius 3 is 2.44 bits per heavy atom. The average molecular weight is 266 g/mol. The van der Waals surface area contributed by atoms with E-state index in [0.717, 1.165) is 4.88 Å². The summed E-state index contributed by atoms with van der Waals surface area (Å²) in [7, 11) is 1.57. The molecule has 1 aromatic heterocycles. The quantitative estimate of drug-likeness (QED) is 0.920. The molecule has 96 valence electrons. The maximum atomic E-state index is 13.6. The Kier molecular flexibility index (Phi) is 3.68. The highest BCUT2D eigenvalue weighted by Crippen LogP contribution is 2.35. The fourth-order valence-corrected chi connectivity index (χ4v) is 2.84. The van der Waals surface area contributed by atoms with E-state index in [1.165, 1.54) is 11.3 Å². The minimum absolute atomic E-state index is 0.218. The summed E-state index contributed by atoms with van der Waals surface area (Å²) in [6.07, 6.45) is -0.780. The van der Waals surface area contributed by atoms with Crippen molar-refractivity contribution in [2.24, 2.45) is 0 Å². The van der Waals surface area contributed by atoms with Crippen LogP contribution in [0.5, 0.6) is 5.75 Å². The highest BCUT2D eigenvalue weighted by Gasteiger charge is 2.18. The number of hydrogen-bond acceptors (Lipinski definition) is 3. The first-order valence-corrected chi connectivity index (χ1v) is 6.48. The first-order chi connectivity index (χ1) is 8.54. The fraction of sp³-hybridized carbons (Fsp3) is 0.286. The number of aliphatic hydroxyl groups excluding tert-OH is 1. The van der Waals surface area contributed by atoms with Gasteiger partial charge in [-0.2, -0.15) is 0 Å². The number of aliphatic hydroxyl groups is 1. The van der Waals surface area contributed by atoms with Gasteiger partial charge in [-0.05, 0) is 42.0 Å². The predicted molar refractivity (Wildman–Crippen MR) is 70.8 cm³/mol. The van der Waals surface area contributed by atoms with Gasteiger partial charge in [-0.3, -0.25) is 0 Å². The molecule has 1 heterocycles. The summed E-state index contributed by atoms with van der Waals surface area (Å²) in [5.74, 6) is 0.441. The molecule has 0 saturated carbocycles. The van der Waals surface area contributed by atoms with Crippen molar-refractivity contribution in [3.05, 3.63) is 51.0 Å². The number of methoxy groups -OCH3 is 1. The molecular weight excluding hydrogens is 251 g/mol. The van der Waals surface area contributed by atoms with E-state index in [1.54, 1.807) is 33.1 Å². The number of hydrogen-bond donors (Lipinski definition) is 1. The van der Waals surface area contributed by atoms with Crippen LogP contribution in [-0.2, 0) is 0 Å². The van der Waals surface area contributed by atoms with Gasteiger partial charge < -0.3 is 9.84 Å². The number of thiophene rings is 1. The lowest BCUT2D eigenvalue weighted by molar-refractivity contribution is 0.219. The van der Waals surface area contributed by atoms with Crippen LogP contribution < -0.4 is 4.74 Å². The molecule has 1 aromatic carbocycles. The zero-order valence-electron chi connectivity index (χ0n) is 10.5. The van der Waals surface area contributed by atoms with Gasteiger partial charge in [-0.25, -0.2) is 4.39 Å². The molecule has 0 saturated heterocycles. The molecule has 2 nitrogen and oxygen atoms in total. The summed E-state index contributed by atoms with van der Waals surface area (Å²) in [4.78, 5) is 0.739. The predicted octanol–water partition coefficient (Wildman–Crippen LogP) is 3.59. The van der Waals surface area contributed by atoms with Crippen molar-refractivity contribution in [2.45, 2.75) is 20.0 Å². The average Bonchev–Trinajstić information content (AvgIpc) is 2.82. The third kappa shape index (κ3) is 2.26. The Bertz CT molecular complexity index is 540. The topological polar surface area (TPSA) is 29.5 Å². The number of rotatable bonds is 3. The second-order valence-corrected chi connectivity index (χ2v) is 5.17. The van der Waals surface area contributed by atoms with Gasteiger partial charge in [0.25, 0.3) is 0 Å². The minimum atomic E-state index is -0.780. The van der Waals surface area contributed by atoms with Crippen LogP contribution in [0.25, 0.3) is 0 Å². The zero-order chi connectivity index (χ0) is 13.3. The van der Waals surface area contributed by atoms with E-state index < -0.39 is 6.10 Å². The Morgan fingerprint density at radius 2 is 1.89 bits per heavy atom. The molecule has 0 spiro atoms. The van der Waals surface area contributed by atoms with Gasteiger partial charge in [-0.15, -0.1) is 11.3 Å². The Balaban J connectivity index is 2.43. The molecule has 2 rings (SSSR count). The van der Waals surface area contributed by atoms with Crippen molar-refractivity contribution in [2.75, 3.05) is 7.11 Å². The van der Waals surface area contributed by atoms with Crippen LogP contribution in [0.4, 0.5) is 4.39 Å². The standard InChI is InChI=1S/C14H15FO2S/c1-8-6-10(7-9(2)12(8)15)13(16)14-11(17-3)4-5-18-14/h4-7,13,16H,1-3H3. The Morgan fingerprint density at radius 1 is 1.28 bits per heavy atom. The van der Waals surface area contributed by atoms with Crippen LogP contribution in [-0.4, -0.2) is 12.2 Å². The van der Waals surface area contributed by atoms with Crippen LogP contribution >= 0.6 is 11.3 Å². The first kappa shape index (κ1) is 13.1. The van der Waals surface area contributed by atoms with Crippen molar-refractivity contribution >= 4 is 11.3 Å². The van der Waals surface area contributed by atoms with E-state index >= 15 is 0 Å². The van der Waals surface area contributed by atoms with Crippen molar-refractivity contribution in [3.8, 4) is 5.75 Å². The molecule has 4 heteroatoms. The van der Waals surface area contributed by atoms with Crippen molar-refractivity contribution in [1.82, 2.24) is 0 Å². The summed E-state index contributed by atoms with van der Waals surface area (Å²) in [5, 5.41) is 12.2. The van der Waals surface area contributed by atoms with Crippen molar-refractivity contribution in [3.63, 3.8) is 0 Å². The number of aryl methyl sites for hydroxylation is 2. The molecule has 18 heavy (non-hydrogen) atoms. The SMILES string of the molecule is COc1ccsc1C(O)c1cc(C)c(F)c(C)c1. The maximum Gasteiger partial charge on any atom is 0.135 e. The van der Waals surface area contributed by atoms with Gasteiger partial charge in [0.15, 0.2) is 0 Å². The van der Waals surface area contributed by atoms with E-state index in [9.17, 15) is 9.50 Å². The minimum Gasteiger partial charge on any atom is -0.495 e. The van der Waals surface area contributed by atoms with E-state index in [0.29, 0.717) is 22.4 Å². The van der Waals surface area contributed by atoms with E-state index in [2.05, 4.69) is 0 Å². The Hall–Kier alpha value is -1.39. The van der Waals surface area contributed by atoms with Crippen LogP contribution in [0.2, 0.25) is 0 Å². The Labute approximate surface area is 110 Å². The van der Waals surface area contributed by atoms with Gasteiger partial charge in [-0.1, -0.05) is 12.1 Å². The van der Waals surface area contributed by atoms with Gasteiger partial charge >= 0.3 is 0 Å². The summed E-state index contributed by atoms with van der Waals surface area (Å²) in [5.41, 5.74) is 1.77. The van der Waals surface area contributed by atoms with Crippen LogP contribution in [0.3, 0.4) is 0 Å².